The van der Waals surface area contributed by atoms with Gasteiger partial charge in [-0.1, -0.05) is 0 Å². The molecule has 0 radical (unpaired) electrons. The number of rotatable bonds is 8. The molecule has 0 aliphatic rings. The monoisotopic (exact) mass is 434 g/mol. The van der Waals surface area contributed by atoms with Crippen molar-refractivity contribution in [3.63, 3.8) is 0 Å². The summed E-state index contributed by atoms with van der Waals surface area (Å²) in [7, 11) is 0. The van der Waals surface area contributed by atoms with Crippen LogP contribution in [0.3, 0.4) is 0 Å². The van der Waals surface area contributed by atoms with E-state index in [0.717, 1.165) is 28.8 Å². The number of hydrogen-bond donors (Lipinski definition) is 1. The normalized spacial score (nSPS) is 11.4. The van der Waals surface area contributed by atoms with Crippen molar-refractivity contribution in [3.8, 4) is 11.4 Å². The largest absolute Gasteiger partial charge is 0.379 e. The molecule has 3 aromatic heterocycles. The Morgan fingerprint density at radius 3 is 2.89 bits per heavy atom. The van der Waals surface area contributed by atoms with Crippen LogP contribution < -0.4 is 5.32 Å². The standard InChI is InChI=1S/C18H23BrN6O2/c1-4-24-11-13(19)17(23-24)15-6-8-20-16-10-14(22-25(15)16)18(26)21-7-5-9-27-12(2)3/h6,8,10-12H,4-5,7,9H2,1-3H3,(H,21,26). The van der Waals surface area contributed by atoms with Gasteiger partial charge in [-0.25, -0.2) is 9.50 Å². The van der Waals surface area contributed by atoms with Gasteiger partial charge in [-0.15, -0.1) is 0 Å². The van der Waals surface area contributed by atoms with Gasteiger partial charge < -0.3 is 10.1 Å². The van der Waals surface area contributed by atoms with Gasteiger partial charge in [-0.05, 0) is 49.2 Å². The molecule has 8 nitrogen and oxygen atoms in total. The van der Waals surface area contributed by atoms with Gasteiger partial charge in [0.15, 0.2) is 11.3 Å². The second-order valence-electron chi connectivity index (χ2n) is 6.34. The SMILES string of the molecule is CCn1cc(Br)c(-c2ccnc3cc(C(=O)NCCCOC(C)C)nn23)n1. The Kier molecular flexibility index (Phi) is 6.22. The van der Waals surface area contributed by atoms with Crippen LogP contribution in [0.25, 0.3) is 17.0 Å². The molecule has 0 aliphatic carbocycles. The Balaban J connectivity index is 1.77. The molecule has 0 fully saturated rings. The second kappa shape index (κ2) is 8.62. The molecule has 0 aromatic carbocycles. The molecule has 9 heteroatoms. The summed E-state index contributed by atoms with van der Waals surface area (Å²) >= 11 is 3.54. The van der Waals surface area contributed by atoms with E-state index >= 15 is 0 Å². The molecule has 0 aliphatic heterocycles. The van der Waals surface area contributed by atoms with Crippen molar-refractivity contribution in [2.45, 2.75) is 39.8 Å². The van der Waals surface area contributed by atoms with E-state index < -0.39 is 0 Å². The van der Waals surface area contributed by atoms with Crippen molar-refractivity contribution in [3.05, 3.63) is 34.7 Å². The number of nitrogens with one attached hydrogen (secondary N) is 1. The van der Waals surface area contributed by atoms with Crippen LogP contribution in [-0.4, -0.2) is 49.5 Å². The van der Waals surface area contributed by atoms with E-state index in [4.69, 9.17) is 4.74 Å². The van der Waals surface area contributed by atoms with E-state index in [1.165, 1.54) is 0 Å². The van der Waals surface area contributed by atoms with Crippen molar-refractivity contribution in [1.29, 1.82) is 0 Å². The quantitative estimate of drug-likeness (QED) is 0.550. The summed E-state index contributed by atoms with van der Waals surface area (Å²) in [6.07, 6.45) is 4.55. The van der Waals surface area contributed by atoms with Crippen LogP contribution in [0.2, 0.25) is 0 Å². The van der Waals surface area contributed by atoms with Gasteiger partial charge in [0.1, 0.15) is 5.69 Å². The molecular formula is C18H23BrN6O2. The summed E-state index contributed by atoms with van der Waals surface area (Å²) in [4.78, 5) is 16.7. The fourth-order valence-electron chi connectivity index (χ4n) is 2.60. The predicted octanol–water partition coefficient (Wildman–Crippen LogP) is 2.92. The maximum Gasteiger partial charge on any atom is 0.271 e. The number of ether oxygens (including phenoxy) is 1. The molecule has 0 saturated heterocycles. The lowest BCUT2D eigenvalue weighted by atomic mass is 10.3. The third kappa shape index (κ3) is 4.54. The van der Waals surface area contributed by atoms with Gasteiger partial charge in [0.25, 0.3) is 5.91 Å². The molecule has 0 bridgehead atoms. The third-order valence-electron chi connectivity index (χ3n) is 3.93. The van der Waals surface area contributed by atoms with Gasteiger partial charge in [-0.2, -0.15) is 10.2 Å². The van der Waals surface area contributed by atoms with Crippen LogP contribution >= 0.6 is 15.9 Å². The van der Waals surface area contributed by atoms with E-state index in [1.54, 1.807) is 16.8 Å². The average molecular weight is 435 g/mol. The summed E-state index contributed by atoms with van der Waals surface area (Å²) in [6, 6.07) is 3.51. The summed E-state index contributed by atoms with van der Waals surface area (Å²) < 4.78 is 9.81. The summed E-state index contributed by atoms with van der Waals surface area (Å²) in [5.41, 5.74) is 2.44. The van der Waals surface area contributed by atoms with E-state index in [9.17, 15) is 4.79 Å². The summed E-state index contributed by atoms with van der Waals surface area (Å²) in [6.45, 7) is 7.91. The van der Waals surface area contributed by atoms with E-state index in [1.807, 2.05) is 37.7 Å². The maximum absolute atomic E-state index is 12.4. The number of fused-ring (bicyclic) bond motifs is 1. The van der Waals surface area contributed by atoms with Crippen LogP contribution in [0, 0.1) is 0 Å². The van der Waals surface area contributed by atoms with Gasteiger partial charge in [0.2, 0.25) is 0 Å². The molecule has 0 atom stereocenters. The lowest BCUT2D eigenvalue weighted by Gasteiger charge is -2.07. The minimum atomic E-state index is -0.228. The molecule has 0 spiro atoms. The van der Waals surface area contributed by atoms with Crippen molar-refractivity contribution < 1.29 is 9.53 Å². The van der Waals surface area contributed by atoms with Crippen LogP contribution in [0.15, 0.2) is 29.0 Å². The number of carbonyl (C=O) groups is 1. The first kappa shape index (κ1) is 19.5. The Bertz CT molecular complexity index is 933. The van der Waals surface area contributed by atoms with Crippen molar-refractivity contribution in [2.24, 2.45) is 0 Å². The number of aryl methyl sites for hydroxylation is 1. The first-order valence-corrected chi connectivity index (χ1v) is 9.76. The highest BCUT2D eigenvalue weighted by Crippen LogP contribution is 2.26. The zero-order valence-electron chi connectivity index (χ0n) is 15.6. The molecule has 144 valence electrons. The number of nitrogens with zero attached hydrogens (tertiary/aromatic N) is 5. The molecule has 3 rings (SSSR count). The number of aromatic nitrogens is 5. The van der Waals surface area contributed by atoms with Crippen molar-refractivity contribution >= 4 is 27.5 Å². The molecule has 3 heterocycles. The van der Waals surface area contributed by atoms with E-state index in [-0.39, 0.29) is 12.0 Å². The third-order valence-corrected chi connectivity index (χ3v) is 4.51. The molecule has 27 heavy (non-hydrogen) atoms. The lowest BCUT2D eigenvalue weighted by Crippen LogP contribution is -2.26. The average Bonchev–Trinajstić information content (AvgIpc) is 3.24. The molecule has 3 aromatic rings. The first-order chi connectivity index (χ1) is 13.0. The highest BCUT2D eigenvalue weighted by molar-refractivity contribution is 9.10. The van der Waals surface area contributed by atoms with Crippen LogP contribution in [0.1, 0.15) is 37.7 Å². The molecule has 0 saturated carbocycles. The first-order valence-electron chi connectivity index (χ1n) is 8.97. The minimum absolute atomic E-state index is 0.194. The van der Waals surface area contributed by atoms with Gasteiger partial charge in [-0.3, -0.25) is 9.48 Å². The summed E-state index contributed by atoms with van der Waals surface area (Å²) in [5, 5.41) is 11.9. The number of hydrogen-bond acceptors (Lipinski definition) is 5. The van der Waals surface area contributed by atoms with Crippen LogP contribution in [0.5, 0.6) is 0 Å². The highest BCUT2D eigenvalue weighted by atomic mass is 79.9. The predicted molar refractivity (Wildman–Crippen MR) is 106 cm³/mol. The Morgan fingerprint density at radius 2 is 2.19 bits per heavy atom. The topological polar surface area (TPSA) is 86.3 Å². The van der Waals surface area contributed by atoms with Gasteiger partial charge in [0, 0.05) is 38.2 Å². The van der Waals surface area contributed by atoms with Crippen molar-refractivity contribution in [2.75, 3.05) is 13.2 Å². The van der Waals surface area contributed by atoms with E-state index in [0.29, 0.717) is 24.5 Å². The van der Waals surface area contributed by atoms with Gasteiger partial charge in [0.05, 0.1) is 16.3 Å². The highest BCUT2D eigenvalue weighted by Gasteiger charge is 2.17. The lowest BCUT2D eigenvalue weighted by molar-refractivity contribution is 0.0756. The number of amides is 1. The molecule has 1 amide bonds. The Hall–Kier alpha value is -2.26. The fourth-order valence-corrected chi connectivity index (χ4v) is 3.12. The number of carbonyl (C=O) groups excluding carboxylic acids is 1. The maximum atomic E-state index is 12.4. The van der Waals surface area contributed by atoms with Crippen molar-refractivity contribution in [1.82, 2.24) is 29.7 Å². The van der Waals surface area contributed by atoms with Crippen LogP contribution in [0.4, 0.5) is 0 Å². The van der Waals surface area contributed by atoms with Crippen LogP contribution in [-0.2, 0) is 11.3 Å². The fraction of sp³-hybridized carbons (Fsp3) is 0.444. The summed E-state index contributed by atoms with van der Waals surface area (Å²) in [5.74, 6) is -0.228. The Labute approximate surface area is 166 Å². The molecule has 0 unspecified atom stereocenters. The smallest absolute Gasteiger partial charge is 0.271 e. The van der Waals surface area contributed by atoms with Gasteiger partial charge >= 0.3 is 0 Å². The molecule has 1 N–H and O–H groups in total. The second-order valence-corrected chi connectivity index (χ2v) is 7.19. The zero-order valence-corrected chi connectivity index (χ0v) is 17.2. The van der Waals surface area contributed by atoms with E-state index in [2.05, 4.69) is 36.4 Å². The molecular weight excluding hydrogens is 412 g/mol. The Morgan fingerprint density at radius 1 is 1.37 bits per heavy atom. The minimum Gasteiger partial charge on any atom is -0.379 e. The number of halogens is 1. The zero-order chi connectivity index (χ0) is 19.4.